The van der Waals surface area contributed by atoms with Crippen LogP contribution in [0.25, 0.3) is 0 Å². The van der Waals surface area contributed by atoms with Crippen LogP contribution >= 0.6 is 0 Å². The van der Waals surface area contributed by atoms with Gasteiger partial charge in [0.2, 0.25) is 12.0 Å². The second-order valence-electron chi connectivity index (χ2n) is 7.25. The highest BCUT2D eigenvalue weighted by Crippen LogP contribution is 2.31. The Morgan fingerprint density at radius 2 is 1.62 bits per heavy atom. The summed E-state index contributed by atoms with van der Waals surface area (Å²) >= 11 is 0. The van der Waals surface area contributed by atoms with Gasteiger partial charge in [-0.1, -0.05) is 30.3 Å². The molecule has 0 aliphatic carbocycles. The maximum absolute atomic E-state index is 12.8. The first-order chi connectivity index (χ1) is 14.1. The van der Waals surface area contributed by atoms with Crippen LogP contribution in [0.3, 0.4) is 0 Å². The Labute approximate surface area is 170 Å². The van der Waals surface area contributed by atoms with E-state index in [0.717, 1.165) is 5.69 Å². The highest BCUT2D eigenvalue weighted by Gasteiger charge is 2.33. The molecule has 1 saturated heterocycles. The zero-order chi connectivity index (χ0) is 20.2. The lowest BCUT2D eigenvalue weighted by Gasteiger charge is -2.37. The monoisotopic (exact) mass is 395 g/mol. The molecule has 0 bridgehead atoms. The number of likely N-dealkylation sites (N-methyl/N-ethyl adjacent to an activating group) is 1. The molecule has 2 aliphatic rings. The molecule has 7 nitrogen and oxygen atoms in total. The van der Waals surface area contributed by atoms with E-state index in [0.29, 0.717) is 44.2 Å². The van der Waals surface area contributed by atoms with Crippen LogP contribution in [0.1, 0.15) is 0 Å². The van der Waals surface area contributed by atoms with Crippen LogP contribution in [-0.2, 0) is 9.59 Å². The molecule has 2 heterocycles. The Bertz CT molecular complexity index is 865. The van der Waals surface area contributed by atoms with Crippen molar-refractivity contribution in [1.29, 1.82) is 0 Å². The molecule has 2 amide bonds. The minimum absolute atomic E-state index is 0.0385. The molecular formula is C22H25N3O4. The van der Waals surface area contributed by atoms with Gasteiger partial charge < -0.3 is 19.3 Å². The number of benzene rings is 2. The van der Waals surface area contributed by atoms with E-state index in [9.17, 15) is 9.59 Å². The lowest BCUT2D eigenvalue weighted by atomic mass is 10.2. The van der Waals surface area contributed by atoms with E-state index in [-0.39, 0.29) is 18.4 Å². The molecule has 2 aliphatic heterocycles. The highest BCUT2D eigenvalue weighted by molar-refractivity contribution is 5.94. The average Bonchev–Trinajstić information content (AvgIpc) is 2.79. The van der Waals surface area contributed by atoms with Gasteiger partial charge in [-0.25, -0.2) is 0 Å². The van der Waals surface area contributed by atoms with Crippen LogP contribution < -0.4 is 14.4 Å². The molecule has 152 valence electrons. The van der Waals surface area contributed by atoms with Crippen LogP contribution in [0.2, 0.25) is 0 Å². The molecule has 4 rings (SSSR count). The minimum Gasteiger partial charge on any atom is -0.485 e. The van der Waals surface area contributed by atoms with Gasteiger partial charge in [-0.15, -0.1) is 0 Å². The van der Waals surface area contributed by atoms with Gasteiger partial charge in [-0.05, 0) is 24.3 Å². The molecule has 1 atom stereocenters. The Morgan fingerprint density at radius 1 is 0.966 bits per heavy atom. The first-order valence-electron chi connectivity index (χ1n) is 9.83. The van der Waals surface area contributed by atoms with Gasteiger partial charge >= 0.3 is 0 Å². The van der Waals surface area contributed by atoms with E-state index in [2.05, 4.69) is 4.90 Å². The quantitative estimate of drug-likeness (QED) is 0.788. The van der Waals surface area contributed by atoms with Crippen molar-refractivity contribution >= 4 is 17.5 Å². The number of carbonyl (C=O) groups excluding carboxylic acids is 2. The number of piperazine rings is 1. The molecule has 0 aromatic heterocycles. The van der Waals surface area contributed by atoms with Gasteiger partial charge in [0.05, 0.1) is 6.54 Å². The second-order valence-corrected chi connectivity index (χ2v) is 7.25. The molecule has 2 aromatic carbocycles. The smallest absolute Gasteiger partial charge is 0.267 e. The van der Waals surface area contributed by atoms with Gasteiger partial charge in [0.15, 0.2) is 11.5 Å². The van der Waals surface area contributed by atoms with E-state index in [1.165, 1.54) is 0 Å². The number of rotatable bonds is 4. The third-order valence-electron chi connectivity index (χ3n) is 5.34. The van der Waals surface area contributed by atoms with Gasteiger partial charge in [0.25, 0.3) is 5.91 Å². The van der Waals surface area contributed by atoms with E-state index >= 15 is 0 Å². The van der Waals surface area contributed by atoms with Crippen LogP contribution in [0.4, 0.5) is 5.69 Å². The maximum atomic E-state index is 12.8. The number of hydrogen-bond donors (Lipinski definition) is 0. The molecule has 0 radical (unpaired) electrons. The maximum Gasteiger partial charge on any atom is 0.267 e. The van der Waals surface area contributed by atoms with Gasteiger partial charge in [-0.2, -0.15) is 0 Å². The van der Waals surface area contributed by atoms with Crippen molar-refractivity contribution in [3.05, 3.63) is 54.6 Å². The summed E-state index contributed by atoms with van der Waals surface area (Å²) in [6, 6.07) is 17.0. The fraction of sp³-hybridized carbons (Fsp3) is 0.364. The first kappa shape index (κ1) is 19.3. The minimum atomic E-state index is -0.623. The van der Waals surface area contributed by atoms with Crippen molar-refractivity contribution in [1.82, 2.24) is 9.80 Å². The number of amides is 2. The summed E-state index contributed by atoms with van der Waals surface area (Å²) in [5.74, 6) is 1.25. The fourth-order valence-corrected chi connectivity index (χ4v) is 3.56. The Hall–Kier alpha value is -3.06. The molecular weight excluding hydrogens is 370 g/mol. The largest absolute Gasteiger partial charge is 0.485 e. The van der Waals surface area contributed by atoms with E-state index in [1.54, 1.807) is 16.8 Å². The van der Waals surface area contributed by atoms with Crippen molar-refractivity contribution in [2.24, 2.45) is 0 Å². The zero-order valence-electron chi connectivity index (χ0n) is 16.5. The number of carbonyl (C=O) groups is 2. The van der Waals surface area contributed by atoms with Crippen LogP contribution in [0, 0.1) is 0 Å². The summed E-state index contributed by atoms with van der Waals surface area (Å²) in [4.78, 5) is 30.9. The first-order valence-corrected chi connectivity index (χ1v) is 9.83. The van der Waals surface area contributed by atoms with Crippen molar-refractivity contribution in [3.8, 4) is 11.5 Å². The predicted molar refractivity (Wildman–Crippen MR) is 109 cm³/mol. The molecule has 0 N–H and O–H groups in total. The Kier molecular flexibility index (Phi) is 5.67. The van der Waals surface area contributed by atoms with Gasteiger partial charge in [0.1, 0.15) is 6.61 Å². The second kappa shape index (κ2) is 8.53. The molecule has 0 saturated carbocycles. The summed E-state index contributed by atoms with van der Waals surface area (Å²) in [5.41, 5.74) is 0.876. The zero-order valence-corrected chi connectivity index (χ0v) is 16.5. The number of anilines is 1. The lowest BCUT2D eigenvalue weighted by molar-refractivity contribution is -0.143. The SMILES string of the molecule is CN(C(=O)CN1CCN(C(=O)[C@@H]2COc3ccccc3O2)CC1)c1ccccc1. The number of hydrogen-bond acceptors (Lipinski definition) is 5. The van der Waals surface area contributed by atoms with Gasteiger partial charge in [0, 0.05) is 38.9 Å². The van der Waals surface area contributed by atoms with Crippen molar-refractivity contribution in [3.63, 3.8) is 0 Å². The lowest BCUT2D eigenvalue weighted by Crippen LogP contribution is -2.55. The van der Waals surface area contributed by atoms with Crippen LogP contribution in [0.5, 0.6) is 11.5 Å². The molecule has 7 heteroatoms. The summed E-state index contributed by atoms with van der Waals surface area (Å²) in [6.45, 7) is 3.01. The summed E-state index contributed by atoms with van der Waals surface area (Å²) < 4.78 is 11.5. The standard InChI is InChI=1S/C22H25N3O4/c1-23(17-7-3-2-4-8-17)21(26)15-24-11-13-25(14-12-24)22(27)20-16-28-18-9-5-6-10-19(18)29-20/h2-10,20H,11-16H2,1H3/t20-/m0/s1. The summed E-state index contributed by atoms with van der Waals surface area (Å²) in [6.07, 6.45) is -0.623. The summed E-state index contributed by atoms with van der Waals surface area (Å²) in [5, 5.41) is 0. The summed E-state index contributed by atoms with van der Waals surface area (Å²) in [7, 11) is 1.79. The van der Waals surface area contributed by atoms with E-state index < -0.39 is 6.10 Å². The molecule has 0 unspecified atom stereocenters. The van der Waals surface area contributed by atoms with E-state index in [1.807, 2.05) is 54.6 Å². The Balaban J connectivity index is 1.27. The number of para-hydroxylation sites is 3. The number of nitrogens with zero attached hydrogens (tertiary/aromatic N) is 3. The van der Waals surface area contributed by atoms with Crippen LogP contribution in [-0.4, -0.2) is 74.1 Å². The Morgan fingerprint density at radius 3 is 2.34 bits per heavy atom. The molecule has 2 aromatic rings. The highest BCUT2D eigenvalue weighted by atomic mass is 16.6. The average molecular weight is 395 g/mol. The molecule has 0 spiro atoms. The number of fused-ring (bicyclic) bond motifs is 1. The van der Waals surface area contributed by atoms with E-state index in [4.69, 9.17) is 9.47 Å². The molecule has 1 fully saturated rings. The fourth-order valence-electron chi connectivity index (χ4n) is 3.56. The van der Waals surface area contributed by atoms with Crippen LogP contribution in [0.15, 0.2) is 54.6 Å². The molecule has 29 heavy (non-hydrogen) atoms. The predicted octanol–water partition coefficient (Wildman–Crippen LogP) is 1.63. The van der Waals surface area contributed by atoms with Gasteiger partial charge in [-0.3, -0.25) is 14.5 Å². The van der Waals surface area contributed by atoms with Crippen molar-refractivity contribution in [2.45, 2.75) is 6.10 Å². The van der Waals surface area contributed by atoms with Crippen molar-refractivity contribution < 1.29 is 19.1 Å². The third kappa shape index (κ3) is 4.35. The number of ether oxygens (including phenoxy) is 2. The normalized spacial score (nSPS) is 18.9. The van der Waals surface area contributed by atoms with Crippen molar-refractivity contribution in [2.75, 3.05) is 51.3 Å². The third-order valence-corrected chi connectivity index (χ3v) is 5.34. The topological polar surface area (TPSA) is 62.3 Å².